The molecule has 5 nitrogen and oxygen atoms in total. The van der Waals surface area contributed by atoms with Gasteiger partial charge in [-0.15, -0.1) is 12.4 Å². The van der Waals surface area contributed by atoms with E-state index in [2.05, 4.69) is 39.4 Å². The van der Waals surface area contributed by atoms with Gasteiger partial charge in [-0.25, -0.2) is 9.13 Å². The molecule has 0 saturated carbocycles. The number of benzene rings is 2. The third-order valence-electron chi connectivity index (χ3n) is 5.30. The van der Waals surface area contributed by atoms with E-state index in [9.17, 15) is 5.11 Å². The molecule has 1 aliphatic rings. The highest BCUT2D eigenvalue weighted by Gasteiger charge is 2.28. The molecule has 152 valence electrons. The molecule has 0 unspecified atom stereocenters. The lowest BCUT2D eigenvalue weighted by Crippen LogP contribution is -2.43. The Morgan fingerprint density at radius 3 is 2.66 bits per heavy atom. The van der Waals surface area contributed by atoms with E-state index in [1.807, 2.05) is 36.4 Å². The minimum absolute atomic E-state index is 0. The van der Waals surface area contributed by atoms with Gasteiger partial charge in [-0.2, -0.15) is 0 Å². The summed E-state index contributed by atoms with van der Waals surface area (Å²) in [6.07, 6.45) is 5.02. The van der Waals surface area contributed by atoms with Crippen LogP contribution >= 0.6 is 12.4 Å². The van der Waals surface area contributed by atoms with E-state index in [0.717, 1.165) is 54.1 Å². The molecule has 6 heteroatoms. The standard InChI is InChI=1S/C23H25N3O2.ClH/c1-3-17-7-4-5-8-20(17)24-22(27)16-25-15-21(26-14-6-9-23(25)26)18-10-12-19(28-2)13-11-18;/h4-5,7-8,10-13,15H,3,6,9,14,16H2,1-2H3;1H. The maximum atomic E-state index is 12.7. The SMILES string of the molecule is CCc1ccccc1N=C([O-])C[n+]1cc(-c2ccc(OC)cc2)n2c1CCC2.Cl. The van der Waals surface area contributed by atoms with Crippen LogP contribution in [0.1, 0.15) is 24.7 Å². The largest absolute Gasteiger partial charge is 0.859 e. The number of imidazole rings is 1. The minimum atomic E-state index is -0.118. The summed E-state index contributed by atoms with van der Waals surface area (Å²) in [5, 5.41) is 12.7. The highest BCUT2D eigenvalue weighted by molar-refractivity contribution is 5.85. The fraction of sp³-hybridized carbons (Fsp3) is 0.304. The van der Waals surface area contributed by atoms with Crippen molar-refractivity contribution in [2.75, 3.05) is 7.11 Å². The molecule has 2 aromatic carbocycles. The zero-order valence-corrected chi connectivity index (χ0v) is 17.6. The van der Waals surface area contributed by atoms with Crippen LogP contribution in [-0.2, 0) is 25.9 Å². The Hall–Kier alpha value is -2.79. The highest BCUT2D eigenvalue weighted by Crippen LogP contribution is 2.26. The Labute approximate surface area is 177 Å². The first-order chi connectivity index (χ1) is 13.7. The summed E-state index contributed by atoms with van der Waals surface area (Å²) in [6, 6.07) is 15.9. The number of methoxy groups -OCH3 is 1. The van der Waals surface area contributed by atoms with Gasteiger partial charge < -0.3 is 9.84 Å². The van der Waals surface area contributed by atoms with Crippen molar-refractivity contribution < 1.29 is 14.4 Å². The van der Waals surface area contributed by atoms with Crippen molar-refractivity contribution in [1.82, 2.24) is 4.57 Å². The van der Waals surface area contributed by atoms with Crippen LogP contribution in [0.15, 0.2) is 59.7 Å². The monoisotopic (exact) mass is 411 g/mol. The van der Waals surface area contributed by atoms with E-state index in [4.69, 9.17) is 4.74 Å². The van der Waals surface area contributed by atoms with Crippen LogP contribution in [0.2, 0.25) is 0 Å². The van der Waals surface area contributed by atoms with Gasteiger partial charge in [0.15, 0.2) is 5.69 Å². The molecule has 1 aliphatic heterocycles. The van der Waals surface area contributed by atoms with Crippen molar-refractivity contribution >= 4 is 24.0 Å². The molecule has 0 saturated heterocycles. The number of nitrogens with zero attached hydrogens (tertiary/aromatic N) is 3. The first-order valence-electron chi connectivity index (χ1n) is 9.78. The van der Waals surface area contributed by atoms with Crippen LogP contribution in [0.5, 0.6) is 5.75 Å². The van der Waals surface area contributed by atoms with Gasteiger partial charge in [-0.1, -0.05) is 25.1 Å². The molecule has 0 N–H and O–H groups in total. The summed E-state index contributed by atoms with van der Waals surface area (Å²) in [4.78, 5) is 4.37. The molecular weight excluding hydrogens is 386 g/mol. The lowest BCUT2D eigenvalue weighted by molar-refractivity contribution is -0.693. The summed E-state index contributed by atoms with van der Waals surface area (Å²) >= 11 is 0. The molecule has 4 rings (SSSR count). The maximum Gasteiger partial charge on any atom is 0.257 e. The van der Waals surface area contributed by atoms with Gasteiger partial charge in [0.1, 0.15) is 18.5 Å². The third-order valence-corrected chi connectivity index (χ3v) is 5.30. The van der Waals surface area contributed by atoms with Crippen LogP contribution in [0.25, 0.3) is 11.3 Å². The second-order valence-electron chi connectivity index (χ2n) is 7.03. The van der Waals surface area contributed by atoms with Crippen molar-refractivity contribution in [2.24, 2.45) is 4.99 Å². The molecule has 1 aromatic heterocycles. The van der Waals surface area contributed by atoms with Gasteiger partial charge in [-0.3, -0.25) is 4.99 Å². The molecule has 0 radical (unpaired) electrons. The molecule has 0 spiro atoms. The summed E-state index contributed by atoms with van der Waals surface area (Å²) in [6.45, 7) is 3.33. The first kappa shape index (κ1) is 20.9. The van der Waals surface area contributed by atoms with Crippen LogP contribution < -0.4 is 14.4 Å². The Bertz CT molecular complexity index is 1010. The zero-order valence-electron chi connectivity index (χ0n) is 16.8. The minimum Gasteiger partial charge on any atom is -0.859 e. The van der Waals surface area contributed by atoms with Crippen LogP contribution in [0.4, 0.5) is 5.69 Å². The van der Waals surface area contributed by atoms with Crippen LogP contribution in [-0.4, -0.2) is 17.6 Å². The molecule has 0 bridgehead atoms. The molecule has 0 aliphatic carbocycles. The number of aromatic nitrogens is 2. The van der Waals surface area contributed by atoms with Crippen LogP contribution in [0.3, 0.4) is 0 Å². The number of rotatable bonds is 6. The number of fused-ring (bicyclic) bond motifs is 1. The van der Waals surface area contributed by atoms with Crippen LogP contribution in [0, 0.1) is 0 Å². The number of hydrogen-bond donors (Lipinski definition) is 0. The Balaban J connectivity index is 0.00000240. The molecular formula is C23H26ClN3O2. The number of hydrogen-bond acceptors (Lipinski definition) is 3. The highest BCUT2D eigenvalue weighted by atomic mass is 35.5. The number of aryl methyl sites for hydroxylation is 1. The van der Waals surface area contributed by atoms with Crippen molar-refractivity contribution in [2.45, 2.75) is 39.3 Å². The van der Waals surface area contributed by atoms with E-state index in [1.165, 1.54) is 5.82 Å². The Morgan fingerprint density at radius 1 is 1.17 bits per heavy atom. The lowest BCUT2D eigenvalue weighted by atomic mass is 10.1. The van der Waals surface area contributed by atoms with E-state index >= 15 is 0 Å². The average molecular weight is 412 g/mol. The van der Waals surface area contributed by atoms with Crippen molar-refractivity contribution in [1.29, 1.82) is 0 Å². The Morgan fingerprint density at radius 2 is 1.93 bits per heavy atom. The van der Waals surface area contributed by atoms with Gasteiger partial charge in [0, 0.05) is 11.5 Å². The second-order valence-corrected chi connectivity index (χ2v) is 7.03. The van der Waals surface area contributed by atoms with E-state index in [1.54, 1.807) is 7.11 Å². The fourth-order valence-electron chi connectivity index (χ4n) is 3.87. The van der Waals surface area contributed by atoms with Crippen molar-refractivity contribution in [3.63, 3.8) is 0 Å². The average Bonchev–Trinajstić information content (AvgIpc) is 3.32. The van der Waals surface area contributed by atoms with Gasteiger partial charge in [0.05, 0.1) is 25.8 Å². The number of para-hydroxylation sites is 1. The summed E-state index contributed by atoms with van der Waals surface area (Å²) in [7, 11) is 1.67. The zero-order chi connectivity index (χ0) is 19.5. The molecule has 0 amide bonds. The van der Waals surface area contributed by atoms with Gasteiger partial charge in [0.25, 0.3) is 5.82 Å². The van der Waals surface area contributed by atoms with Gasteiger partial charge in [-0.05, 0) is 48.7 Å². The summed E-state index contributed by atoms with van der Waals surface area (Å²) in [5.41, 5.74) is 4.14. The van der Waals surface area contributed by atoms with Crippen molar-refractivity contribution in [3.8, 4) is 17.0 Å². The topological polar surface area (TPSA) is 53.5 Å². The predicted molar refractivity (Wildman–Crippen MR) is 115 cm³/mol. The molecule has 3 aromatic rings. The first-order valence-corrected chi connectivity index (χ1v) is 9.78. The molecule has 0 atom stereocenters. The van der Waals surface area contributed by atoms with Gasteiger partial charge >= 0.3 is 0 Å². The van der Waals surface area contributed by atoms with E-state index in [0.29, 0.717) is 0 Å². The predicted octanol–water partition coefficient (Wildman–Crippen LogP) is 3.47. The second kappa shape index (κ2) is 9.14. The fourth-order valence-corrected chi connectivity index (χ4v) is 3.87. The quantitative estimate of drug-likeness (QED) is 0.354. The third kappa shape index (κ3) is 4.30. The van der Waals surface area contributed by atoms with Crippen molar-refractivity contribution in [3.05, 3.63) is 66.1 Å². The molecule has 29 heavy (non-hydrogen) atoms. The van der Waals surface area contributed by atoms with E-state index in [-0.39, 0.29) is 24.8 Å². The number of ether oxygens (including phenoxy) is 1. The number of halogens is 1. The smallest absolute Gasteiger partial charge is 0.257 e. The molecule has 0 fully saturated rings. The molecule has 2 heterocycles. The lowest BCUT2D eigenvalue weighted by Gasteiger charge is -2.10. The Kier molecular flexibility index (Phi) is 6.60. The maximum absolute atomic E-state index is 12.7. The summed E-state index contributed by atoms with van der Waals surface area (Å²) < 4.78 is 9.64. The summed E-state index contributed by atoms with van der Waals surface area (Å²) in [5.74, 6) is 1.92. The van der Waals surface area contributed by atoms with Gasteiger partial charge in [0.2, 0.25) is 0 Å². The normalized spacial score (nSPS) is 13.1. The van der Waals surface area contributed by atoms with E-state index < -0.39 is 0 Å². The number of aliphatic imine (C=N–C) groups is 1.